The first-order valence-corrected chi connectivity index (χ1v) is 5.80. The minimum atomic E-state index is -4.68. The SMILES string of the molecule is NC(Cc1ccc(OC(F)(F)F)cc1)c1cnccn1. The van der Waals surface area contributed by atoms with E-state index < -0.39 is 6.36 Å². The monoisotopic (exact) mass is 283 g/mol. The summed E-state index contributed by atoms with van der Waals surface area (Å²) in [6.07, 6.45) is 0.406. The lowest BCUT2D eigenvalue weighted by atomic mass is 10.0. The first-order valence-electron chi connectivity index (χ1n) is 5.80. The summed E-state index contributed by atoms with van der Waals surface area (Å²) >= 11 is 0. The zero-order valence-corrected chi connectivity index (χ0v) is 10.3. The molecule has 0 bridgehead atoms. The standard InChI is InChI=1S/C13H12F3N3O/c14-13(15,16)20-10-3-1-9(2-4-10)7-11(17)12-8-18-5-6-19-12/h1-6,8,11H,7,17H2. The van der Waals surface area contributed by atoms with Crippen LogP contribution in [-0.2, 0) is 6.42 Å². The van der Waals surface area contributed by atoms with Crippen LogP contribution in [0, 0.1) is 0 Å². The quantitative estimate of drug-likeness (QED) is 0.937. The van der Waals surface area contributed by atoms with Crippen LogP contribution in [0.15, 0.2) is 42.9 Å². The van der Waals surface area contributed by atoms with Crippen LogP contribution in [0.5, 0.6) is 5.75 Å². The molecule has 2 rings (SSSR count). The molecular weight excluding hydrogens is 271 g/mol. The summed E-state index contributed by atoms with van der Waals surface area (Å²) in [4.78, 5) is 7.99. The molecule has 0 fully saturated rings. The van der Waals surface area contributed by atoms with Gasteiger partial charge in [0.1, 0.15) is 5.75 Å². The van der Waals surface area contributed by atoms with E-state index >= 15 is 0 Å². The van der Waals surface area contributed by atoms with Gasteiger partial charge in [-0.2, -0.15) is 0 Å². The molecule has 2 N–H and O–H groups in total. The number of aromatic nitrogens is 2. The largest absolute Gasteiger partial charge is 0.573 e. The van der Waals surface area contributed by atoms with Crippen molar-refractivity contribution in [1.29, 1.82) is 0 Å². The number of hydrogen-bond donors (Lipinski definition) is 1. The van der Waals surface area contributed by atoms with Gasteiger partial charge in [-0.3, -0.25) is 9.97 Å². The highest BCUT2D eigenvalue weighted by molar-refractivity contribution is 5.28. The molecule has 7 heteroatoms. The van der Waals surface area contributed by atoms with Crippen molar-refractivity contribution in [2.24, 2.45) is 5.73 Å². The maximum atomic E-state index is 12.0. The van der Waals surface area contributed by atoms with Gasteiger partial charge in [-0.1, -0.05) is 12.1 Å². The van der Waals surface area contributed by atoms with E-state index in [-0.39, 0.29) is 11.8 Å². The summed E-state index contributed by atoms with van der Waals surface area (Å²) < 4.78 is 39.8. The van der Waals surface area contributed by atoms with Crippen LogP contribution >= 0.6 is 0 Å². The van der Waals surface area contributed by atoms with E-state index in [4.69, 9.17) is 5.73 Å². The Balaban J connectivity index is 2.00. The van der Waals surface area contributed by atoms with E-state index in [9.17, 15) is 13.2 Å². The predicted octanol–water partition coefficient (Wildman–Crippen LogP) is 2.62. The number of ether oxygens (including phenoxy) is 1. The summed E-state index contributed by atoms with van der Waals surface area (Å²) in [6.45, 7) is 0. The number of benzene rings is 1. The van der Waals surface area contributed by atoms with Crippen molar-refractivity contribution in [2.75, 3.05) is 0 Å². The third-order valence-corrected chi connectivity index (χ3v) is 2.58. The molecule has 1 atom stereocenters. The summed E-state index contributed by atoms with van der Waals surface area (Å²) in [5.41, 5.74) is 7.37. The Labute approximate surface area is 113 Å². The van der Waals surface area contributed by atoms with Gasteiger partial charge in [0.2, 0.25) is 0 Å². The lowest BCUT2D eigenvalue weighted by Gasteiger charge is -2.12. The van der Waals surface area contributed by atoms with Crippen LogP contribution in [-0.4, -0.2) is 16.3 Å². The molecule has 2 aromatic rings. The zero-order valence-electron chi connectivity index (χ0n) is 10.3. The summed E-state index contributed by atoms with van der Waals surface area (Å²) in [5.74, 6) is -0.255. The second-order valence-corrected chi connectivity index (χ2v) is 4.13. The fraction of sp³-hybridized carbons (Fsp3) is 0.231. The first-order chi connectivity index (χ1) is 9.44. The van der Waals surface area contributed by atoms with Gasteiger partial charge >= 0.3 is 6.36 Å². The van der Waals surface area contributed by atoms with Crippen LogP contribution in [0.25, 0.3) is 0 Å². The van der Waals surface area contributed by atoms with Gasteiger partial charge in [0.05, 0.1) is 11.7 Å². The van der Waals surface area contributed by atoms with Gasteiger partial charge in [0.15, 0.2) is 0 Å². The van der Waals surface area contributed by atoms with Crippen molar-refractivity contribution in [3.8, 4) is 5.75 Å². The Hall–Kier alpha value is -2.15. The third kappa shape index (κ3) is 4.20. The van der Waals surface area contributed by atoms with Crippen molar-refractivity contribution in [3.05, 3.63) is 54.1 Å². The minimum Gasteiger partial charge on any atom is -0.406 e. The third-order valence-electron chi connectivity index (χ3n) is 2.58. The fourth-order valence-corrected chi connectivity index (χ4v) is 1.69. The average Bonchev–Trinajstić information content (AvgIpc) is 2.40. The predicted molar refractivity (Wildman–Crippen MR) is 65.8 cm³/mol. The second kappa shape index (κ2) is 5.87. The van der Waals surface area contributed by atoms with Crippen molar-refractivity contribution in [2.45, 2.75) is 18.8 Å². The molecule has 0 radical (unpaired) electrons. The number of nitrogens with zero attached hydrogens (tertiary/aromatic N) is 2. The maximum Gasteiger partial charge on any atom is 0.573 e. The molecule has 1 aromatic carbocycles. The van der Waals surface area contributed by atoms with Crippen LogP contribution in [0.2, 0.25) is 0 Å². The van der Waals surface area contributed by atoms with Gasteiger partial charge in [-0.25, -0.2) is 0 Å². The fourth-order valence-electron chi connectivity index (χ4n) is 1.69. The van der Waals surface area contributed by atoms with Crippen LogP contribution in [0.3, 0.4) is 0 Å². The summed E-state index contributed by atoms with van der Waals surface area (Å²) in [7, 11) is 0. The second-order valence-electron chi connectivity index (χ2n) is 4.13. The molecule has 0 aliphatic heterocycles. The smallest absolute Gasteiger partial charge is 0.406 e. The van der Waals surface area contributed by atoms with E-state index in [1.54, 1.807) is 12.4 Å². The minimum absolute atomic E-state index is 0.255. The Kier molecular flexibility index (Phi) is 4.19. The highest BCUT2D eigenvalue weighted by atomic mass is 19.4. The molecule has 4 nitrogen and oxygen atoms in total. The van der Waals surface area contributed by atoms with E-state index in [0.717, 1.165) is 5.56 Å². The summed E-state index contributed by atoms with van der Waals surface area (Å²) in [5, 5.41) is 0. The molecule has 1 unspecified atom stereocenters. The molecular formula is C13H12F3N3O. The number of rotatable bonds is 4. The van der Waals surface area contributed by atoms with Gasteiger partial charge in [-0.15, -0.1) is 13.2 Å². The van der Waals surface area contributed by atoms with Crippen LogP contribution < -0.4 is 10.5 Å². The van der Waals surface area contributed by atoms with Crippen LogP contribution in [0.1, 0.15) is 17.3 Å². The lowest BCUT2D eigenvalue weighted by Crippen LogP contribution is -2.17. The van der Waals surface area contributed by atoms with E-state index in [0.29, 0.717) is 12.1 Å². The van der Waals surface area contributed by atoms with Gasteiger partial charge in [0.25, 0.3) is 0 Å². The number of nitrogens with two attached hydrogens (primary N) is 1. The molecule has 20 heavy (non-hydrogen) atoms. The molecule has 0 aliphatic carbocycles. The molecule has 0 amide bonds. The molecule has 0 saturated heterocycles. The zero-order chi connectivity index (χ0) is 14.6. The lowest BCUT2D eigenvalue weighted by molar-refractivity contribution is -0.274. The molecule has 106 valence electrons. The van der Waals surface area contributed by atoms with Gasteiger partial charge in [0, 0.05) is 18.6 Å². The Morgan fingerprint density at radius 2 is 1.85 bits per heavy atom. The van der Waals surface area contributed by atoms with E-state index in [2.05, 4.69) is 14.7 Å². The molecule has 1 heterocycles. The normalized spacial score (nSPS) is 13.0. The van der Waals surface area contributed by atoms with Gasteiger partial charge in [-0.05, 0) is 24.1 Å². The summed E-state index contributed by atoms with van der Waals surface area (Å²) in [6, 6.07) is 5.23. The highest BCUT2D eigenvalue weighted by Gasteiger charge is 2.30. The maximum absolute atomic E-state index is 12.0. The first kappa shape index (κ1) is 14.3. The molecule has 1 aromatic heterocycles. The Bertz CT molecular complexity index is 543. The van der Waals surface area contributed by atoms with Gasteiger partial charge < -0.3 is 10.5 Å². The van der Waals surface area contributed by atoms with Crippen molar-refractivity contribution >= 4 is 0 Å². The number of hydrogen-bond acceptors (Lipinski definition) is 4. The number of alkyl halides is 3. The molecule has 0 saturated carbocycles. The topological polar surface area (TPSA) is 61.0 Å². The van der Waals surface area contributed by atoms with Crippen LogP contribution in [0.4, 0.5) is 13.2 Å². The Morgan fingerprint density at radius 3 is 2.40 bits per heavy atom. The van der Waals surface area contributed by atoms with Crippen molar-refractivity contribution in [3.63, 3.8) is 0 Å². The van der Waals surface area contributed by atoms with E-state index in [1.807, 2.05) is 0 Å². The number of halogens is 3. The molecule has 0 aliphatic rings. The van der Waals surface area contributed by atoms with E-state index in [1.165, 1.54) is 30.5 Å². The van der Waals surface area contributed by atoms with Crippen molar-refractivity contribution in [1.82, 2.24) is 9.97 Å². The average molecular weight is 283 g/mol. The molecule has 0 spiro atoms. The highest BCUT2D eigenvalue weighted by Crippen LogP contribution is 2.23. The Morgan fingerprint density at radius 1 is 1.15 bits per heavy atom. The van der Waals surface area contributed by atoms with Crippen molar-refractivity contribution < 1.29 is 17.9 Å².